The summed E-state index contributed by atoms with van der Waals surface area (Å²) in [5.41, 5.74) is 9.85. The number of hydrogen-bond acceptors (Lipinski definition) is 3. The summed E-state index contributed by atoms with van der Waals surface area (Å²) >= 11 is 0. The van der Waals surface area contributed by atoms with Crippen LogP contribution < -0.4 is 10.5 Å². The lowest BCUT2D eigenvalue weighted by atomic mass is 10.1. The van der Waals surface area contributed by atoms with Gasteiger partial charge >= 0.3 is 0 Å². The normalized spacial score (nSPS) is 10.4. The second kappa shape index (κ2) is 5.19. The van der Waals surface area contributed by atoms with E-state index < -0.39 is 0 Å². The number of aromatic nitrogens is 1. The Morgan fingerprint density at radius 3 is 2.56 bits per heavy atom. The molecular formula is C15H18N2O. The molecule has 2 rings (SSSR count). The predicted octanol–water partition coefficient (Wildman–Crippen LogP) is 3.26. The van der Waals surface area contributed by atoms with E-state index in [1.165, 1.54) is 5.56 Å². The van der Waals surface area contributed by atoms with Crippen molar-refractivity contribution in [3.8, 4) is 11.6 Å². The summed E-state index contributed by atoms with van der Waals surface area (Å²) in [5.74, 6) is 1.43. The summed E-state index contributed by atoms with van der Waals surface area (Å²) < 4.78 is 5.88. The van der Waals surface area contributed by atoms with E-state index in [1.807, 2.05) is 38.1 Å². The molecule has 3 heteroatoms. The highest BCUT2D eigenvalue weighted by molar-refractivity contribution is 5.40. The average Bonchev–Trinajstić information content (AvgIpc) is 2.33. The molecule has 0 unspecified atom stereocenters. The molecule has 0 spiro atoms. The van der Waals surface area contributed by atoms with Crippen molar-refractivity contribution in [2.24, 2.45) is 5.73 Å². The van der Waals surface area contributed by atoms with E-state index in [1.54, 1.807) is 0 Å². The van der Waals surface area contributed by atoms with E-state index in [9.17, 15) is 0 Å². The predicted molar refractivity (Wildman–Crippen MR) is 72.9 cm³/mol. The van der Waals surface area contributed by atoms with Crippen molar-refractivity contribution in [3.63, 3.8) is 0 Å². The van der Waals surface area contributed by atoms with Crippen LogP contribution in [0.2, 0.25) is 0 Å². The molecule has 3 nitrogen and oxygen atoms in total. The Morgan fingerprint density at radius 1 is 1.11 bits per heavy atom. The SMILES string of the molecule is Cc1ccc(Oc2nc(C)ccc2CN)c(C)c1. The van der Waals surface area contributed by atoms with Gasteiger partial charge in [-0.05, 0) is 38.5 Å². The molecule has 1 aromatic heterocycles. The summed E-state index contributed by atoms with van der Waals surface area (Å²) in [6.45, 7) is 6.45. The maximum absolute atomic E-state index is 5.88. The standard InChI is InChI=1S/C15H18N2O/c1-10-4-7-14(11(2)8-10)18-15-13(9-16)6-5-12(3)17-15/h4-8H,9,16H2,1-3H3. The van der Waals surface area contributed by atoms with Gasteiger partial charge in [-0.3, -0.25) is 0 Å². The molecule has 94 valence electrons. The summed E-state index contributed by atoms with van der Waals surface area (Å²) in [6, 6.07) is 9.99. The Hall–Kier alpha value is -1.87. The molecule has 0 saturated carbocycles. The van der Waals surface area contributed by atoms with Crippen LogP contribution in [-0.2, 0) is 6.54 Å². The van der Waals surface area contributed by atoms with E-state index in [0.29, 0.717) is 12.4 Å². The van der Waals surface area contributed by atoms with Crippen LogP contribution >= 0.6 is 0 Å². The first-order valence-corrected chi connectivity index (χ1v) is 6.02. The second-order valence-electron chi connectivity index (χ2n) is 4.49. The van der Waals surface area contributed by atoms with Gasteiger partial charge in [0.1, 0.15) is 5.75 Å². The fourth-order valence-corrected chi connectivity index (χ4v) is 1.82. The van der Waals surface area contributed by atoms with E-state index in [-0.39, 0.29) is 0 Å². The third-order valence-corrected chi connectivity index (χ3v) is 2.84. The van der Waals surface area contributed by atoms with Crippen LogP contribution in [0.25, 0.3) is 0 Å². The highest BCUT2D eigenvalue weighted by Crippen LogP contribution is 2.27. The van der Waals surface area contributed by atoms with Gasteiger partial charge in [0, 0.05) is 17.8 Å². The van der Waals surface area contributed by atoms with E-state index in [2.05, 4.69) is 18.0 Å². The molecule has 0 amide bonds. The molecule has 0 saturated heterocycles. The minimum atomic E-state index is 0.424. The summed E-state index contributed by atoms with van der Waals surface area (Å²) in [5, 5.41) is 0. The Kier molecular flexibility index (Phi) is 3.63. The molecule has 0 aliphatic heterocycles. The second-order valence-corrected chi connectivity index (χ2v) is 4.49. The fourth-order valence-electron chi connectivity index (χ4n) is 1.82. The van der Waals surface area contributed by atoms with Crippen molar-refractivity contribution in [1.29, 1.82) is 0 Å². The molecule has 0 aliphatic carbocycles. The largest absolute Gasteiger partial charge is 0.438 e. The lowest BCUT2D eigenvalue weighted by Crippen LogP contribution is -2.02. The van der Waals surface area contributed by atoms with E-state index in [0.717, 1.165) is 22.6 Å². The van der Waals surface area contributed by atoms with E-state index >= 15 is 0 Å². The first-order valence-electron chi connectivity index (χ1n) is 6.02. The summed E-state index contributed by atoms with van der Waals surface area (Å²) in [7, 11) is 0. The zero-order valence-corrected chi connectivity index (χ0v) is 11.0. The minimum Gasteiger partial charge on any atom is -0.438 e. The topological polar surface area (TPSA) is 48.1 Å². The van der Waals surface area contributed by atoms with Crippen LogP contribution in [0.5, 0.6) is 11.6 Å². The molecular weight excluding hydrogens is 224 g/mol. The van der Waals surface area contributed by atoms with Crippen molar-refractivity contribution in [2.75, 3.05) is 0 Å². The van der Waals surface area contributed by atoms with Gasteiger partial charge in [0.05, 0.1) is 0 Å². The van der Waals surface area contributed by atoms with Crippen LogP contribution in [0.1, 0.15) is 22.4 Å². The number of ether oxygens (including phenoxy) is 1. The van der Waals surface area contributed by atoms with Gasteiger partial charge in [0.15, 0.2) is 0 Å². The monoisotopic (exact) mass is 242 g/mol. The Balaban J connectivity index is 2.36. The zero-order valence-electron chi connectivity index (χ0n) is 11.0. The van der Waals surface area contributed by atoms with Gasteiger partial charge in [0.2, 0.25) is 5.88 Å². The minimum absolute atomic E-state index is 0.424. The highest BCUT2D eigenvalue weighted by Gasteiger charge is 2.07. The first-order chi connectivity index (χ1) is 8.60. The third kappa shape index (κ3) is 2.68. The van der Waals surface area contributed by atoms with E-state index in [4.69, 9.17) is 10.5 Å². The van der Waals surface area contributed by atoms with Crippen LogP contribution in [-0.4, -0.2) is 4.98 Å². The summed E-state index contributed by atoms with van der Waals surface area (Å²) in [4.78, 5) is 4.40. The summed E-state index contributed by atoms with van der Waals surface area (Å²) in [6.07, 6.45) is 0. The molecule has 0 bridgehead atoms. The lowest BCUT2D eigenvalue weighted by Gasteiger charge is -2.12. The smallest absolute Gasteiger partial charge is 0.223 e. The molecule has 2 aromatic rings. The van der Waals surface area contributed by atoms with Crippen LogP contribution in [0.3, 0.4) is 0 Å². The Bertz CT molecular complexity index is 564. The Labute approximate surface area is 108 Å². The average molecular weight is 242 g/mol. The maximum atomic E-state index is 5.88. The van der Waals surface area contributed by atoms with Gasteiger partial charge in [-0.1, -0.05) is 23.8 Å². The van der Waals surface area contributed by atoms with Crippen molar-refractivity contribution in [3.05, 3.63) is 52.7 Å². The number of aryl methyl sites for hydroxylation is 3. The van der Waals surface area contributed by atoms with Crippen LogP contribution in [0, 0.1) is 20.8 Å². The first kappa shape index (κ1) is 12.6. The van der Waals surface area contributed by atoms with Gasteiger partial charge in [-0.2, -0.15) is 0 Å². The number of nitrogens with two attached hydrogens (primary N) is 1. The van der Waals surface area contributed by atoms with Crippen molar-refractivity contribution < 1.29 is 4.74 Å². The maximum Gasteiger partial charge on any atom is 0.223 e. The fraction of sp³-hybridized carbons (Fsp3) is 0.267. The number of nitrogens with zero attached hydrogens (tertiary/aromatic N) is 1. The molecule has 1 heterocycles. The lowest BCUT2D eigenvalue weighted by molar-refractivity contribution is 0.451. The van der Waals surface area contributed by atoms with Gasteiger partial charge < -0.3 is 10.5 Å². The molecule has 0 radical (unpaired) electrons. The van der Waals surface area contributed by atoms with Crippen LogP contribution in [0.15, 0.2) is 30.3 Å². The zero-order chi connectivity index (χ0) is 13.1. The van der Waals surface area contributed by atoms with Crippen molar-refractivity contribution in [2.45, 2.75) is 27.3 Å². The number of hydrogen-bond donors (Lipinski definition) is 1. The molecule has 0 fully saturated rings. The third-order valence-electron chi connectivity index (χ3n) is 2.84. The van der Waals surface area contributed by atoms with Crippen molar-refractivity contribution in [1.82, 2.24) is 4.98 Å². The quantitative estimate of drug-likeness (QED) is 0.898. The van der Waals surface area contributed by atoms with Gasteiger partial charge in [0.25, 0.3) is 0 Å². The highest BCUT2D eigenvalue weighted by atomic mass is 16.5. The molecule has 2 N–H and O–H groups in total. The van der Waals surface area contributed by atoms with Gasteiger partial charge in [-0.15, -0.1) is 0 Å². The van der Waals surface area contributed by atoms with Crippen molar-refractivity contribution >= 4 is 0 Å². The molecule has 18 heavy (non-hydrogen) atoms. The molecule has 0 aliphatic rings. The van der Waals surface area contributed by atoms with Crippen LogP contribution in [0.4, 0.5) is 0 Å². The number of benzene rings is 1. The molecule has 0 atom stereocenters. The Morgan fingerprint density at radius 2 is 1.89 bits per heavy atom. The van der Waals surface area contributed by atoms with Gasteiger partial charge in [-0.25, -0.2) is 4.98 Å². The number of pyridine rings is 1. The molecule has 1 aromatic carbocycles. The number of rotatable bonds is 3.